The number of hydrogen-bond acceptors (Lipinski definition) is 19. The van der Waals surface area contributed by atoms with Crippen molar-refractivity contribution in [1.29, 1.82) is 0 Å². The minimum Gasteiger partial charge on any atom is -0.476 e. The predicted octanol–water partition coefficient (Wildman–Crippen LogP) is 10.6. The first kappa shape index (κ1) is 80.5. The number of primary amides is 1. The van der Waals surface area contributed by atoms with Crippen molar-refractivity contribution in [3.63, 3.8) is 0 Å². The van der Waals surface area contributed by atoms with Crippen LogP contribution in [0.2, 0.25) is 0 Å². The number of ketones is 2. The molecule has 107 heavy (non-hydrogen) atoms. The van der Waals surface area contributed by atoms with E-state index in [2.05, 4.69) is 41.7 Å². The van der Waals surface area contributed by atoms with Crippen LogP contribution in [0.5, 0.6) is 0 Å². The number of pyridine rings is 1. The van der Waals surface area contributed by atoms with Crippen LogP contribution in [0.15, 0.2) is 97.2 Å². The second kappa shape index (κ2) is 35.8. The number of amides is 6. The second-order valence-corrected chi connectivity index (χ2v) is 33.3. The monoisotopic (exact) mass is 1510 g/mol. The molecule has 3 aromatic heterocycles. The predicted molar refractivity (Wildman–Crippen MR) is 406 cm³/mol. The molecule has 2 saturated carbocycles. The minimum absolute atomic E-state index is 0.0251. The molecule has 574 valence electrons. The Bertz CT molecular complexity index is 4350. The number of anilines is 2. The van der Waals surface area contributed by atoms with Crippen LogP contribution in [-0.4, -0.2) is 164 Å². The van der Waals surface area contributed by atoms with Gasteiger partial charge in [-0.1, -0.05) is 101 Å². The van der Waals surface area contributed by atoms with Gasteiger partial charge in [0.25, 0.3) is 27.8 Å². The molecule has 4 aliphatic rings. The Morgan fingerprint density at radius 2 is 1.58 bits per heavy atom. The largest absolute Gasteiger partial charge is 0.476 e. The molecule has 2 fully saturated rings. The summed E-state index contributed by atoms with van der Waals surface area (Å²) in [6, 6.07) is 22.4. The van der Waals surface area contributed by atoms with Crippen LogP contribution in [0.3, 0.4) is 0 Å². The van der Waals surface area contributed by atoms with Gasteiger partial charge >= 0.3 is 18.0 Å². The number of carboxylic acid groups (broad SMARTS) is 1. The molecule has 4 unspecified atom stereocenters. The summed E-state index contributed by atoms with van der Waals surface area (Å²) >= 11 is 1.41. The van der Waals surface area contributed by atoms with Crippen LogP contribution in [0, 0.1) is 35.5 Å². The van der Waals surface area contributed by atoms with Crippen molar-refractivity contribution >= 4 is 95.8 Å². The van der Waals surface area contributed by atoms with E-state index < -0.39 is 57.3 Å². The Labute approximate surface area is 629 Å². The van der Waals surface area contributed by atoms with E-state index in [0.29, 0.717) is 129 Å². The molecule has 5 heterocycles. The van der Waals surface area contributed by atoms with Gasteiger partial charge in [0, 0.05) is 112 Å². The molecule has 6 aromatic rings. The normalized spacial score (nSPS) is 19.8. The summed E-state index contributed by atoms with van der Waals surface area (Å²) in [5.74, 6) is -3.97. The molecule has 6 amide bonds. The SMILES string of the molecule is Cc1c(-c2ccc(N3CCc4cccc(C(=O)Nc5nc6ccccc6s5)c4C3)nc2C(=O)O)cnn1CC1(C)CC2(C)CC(C)CC(OCCN(CCCCC(=O)OCc3ccc(CC(=O)[C@H](CCCNC(N)=O)NC(=O)[C@@H](CC(=O)CCCCCN4C(=O)C=CC4=O)C(C)C)cc3)CCS(=O)(=O)O)(C2)C1. The highest BCUT2D eigenvalue weighted by molar-refractivity contribution is 7.85. The van der Waals surface area contributed by atoms with Gasteiger partial charge in [-0.05, 0) is 166 Å². The van der Waals surface area contributed by atoms with Gasteiger partial charge in [0.15, 0.2) is 16.6 Å². The zero-order valence-corrected chi connectivity index (χ0v) is 63.7. The Balaban J connectivity index is 0.693. The Hall–Kier alpha value is -9.09. The first-order valence-electron chi connectivity index (χ1n) is 37.2. The third-order valence-electron chi connectivity index (χ3n) is 21.2. The summed E-state index contributed by atoms with van der Waals surface area (Å²) in [6.07, 6.45) is 12.6. The zero-order valence-electron chi connectivity index (χ0n) is 62.1. The fourth-order valence-electron chi connectivity index (χ4n) is 16.6. The van der Waals surface area contributed by atoms with Crippen molar-refractivity contribution in [3.05, 3.63) is 136 Å². The molecule has 0 saturated heterocycles. The first-order valence-corrected chi connectivity index (χ1v) is 39.6. The van der Waals surface area contributed by atoms with E-state index >= 15 is 0 Å². The summed E-state index contributed by atoms with van der Waals surface area (Å²) < 4.78 is 49.7. The van der Waals surface area contributed by atoms with Crippen molar-refractivity contribution in [2.24, 2.45) is 34.3 Å². The van der Waals surface area contributed by atoms with Crippen molar-refractivity contribution in [1.82, 2.24) is 40.2 Å². The van der Waals surface area contributed by atoms with E-state index in [0.717, 1.165) is 64.0 Å². The molecule has 26 nitrogen and oxygen atoms in total. The summed E-state index contributed by atoms with van der Waals surface area (Å²) in [5, 5.41) is 24.5. The smallest absolute Gasteiger partial charge is 0.355 e. The number of benzene rings is 3. The Morgan fingerprint density at radius 1 is 0.832 bits per heavy atom. The summed E-state index contributed by atoms with van der Waals surface area (Å²) in [4.78, 5) is 131. The van der Waals surface area contributed by atoms with E-state index in [9.17, 15) is 61.2 Å². The number of carboxylic acids is 1. The van der Waals surface area contributed by atoms with Crippen LogP contribution in [-0.2, 0) is 80.9 Å². The molecular weight excluding hydrogens is 1410 g/mol. The number of nitrogens with one attached hydrogen (secondary N) is 3. The van der Waals surface area contributed by atoms with Crippen molar-refractivity contribution in [2.75, 3.05) is 61.8 Å². The number of aromatic nitrogens is 4. The maximum absolute atomic E-state index is 13.9. The van der Waals surface area contributed by atoms with Crippen LogP contribution < -0.4 is 26.6 Å². The van der Waals surface area contributed by atoms with Crippen LogP contribution in [0.25, 0.3) is 21.3 Å². The number of hydrogen-bond donors (Lipinski definition) is 6. The van der Waals surface area contributed by atoms with Gasteiger partial charge in [-0.25, -0.2) is 19.6 Å². The number of aromatic carboxylic acids is 1. The number of thiazole rings is 1. The Kier molecular flexibility index (Phi) is 26.9. The van der Waals surface area contributed by atoms with Gasteiger partial charge in [-0.3, -0.25) is 57.9 Å². The highest BCUT2D eigenvalue weighted by Crippen LogP contribution is 2.60. The van der Waals surface area contributed by atoms with Gasteiger partial charge in [0.05, 0.1) is 40.4 Å². The number of esters is 1. The molecule has 28 heteroatoms. The van der Waals surface area contributed by atoms with Crippen molar-refractivity contribution in [2.45, 2.75) is 182 Å². The average molecular weight is 1510 g/mol. The number of ether oxygens (including phenoxy) is 2. The first-order chi connectivity index (χ1) is 50.9. The van der Waals surface area contributed by atoms with Crippen LogP contribution in [0.4, 0.5) is 15.7 Å². The molecule has 0 radical (unpaired) electrons. The third-order valence-corrected chi connectivity index (χ3v) is 22.8. The van der Waals surface area contributed by atoms with E-state index in [-0.39, 0.29) is 110 Å². The third kappa shape index (κ3) is 22.1. The number of rotatable bonds is 39. The molecule has 2 aliphatic carbocycles. The summed E-state index contributed by atoms with van der Waals surface area (Å²) in [5.41, 5.74) is 10.7. The standard InChI is InChI=1S/C79H101N11O15S2/c1-51(2)60(41-57(91)17-8-7-12-34-89-68(93)29-30-69(89)94)73(97)83-63(20-15-32-81-75(80)100)65(92)40-54-23-25-55(26-24-54)46-104-70(95)22-11-13-33-87(37-39-107(101,102)103)36-38-105-79-43-52(3)42-77(5,48-79)47-78(6,49-79)50-90-53(4)61(44-82-90)58-27-28-67(85-71(58)74(98)99)88-35-31-56-16-14-18-59(62(56)45-88)72(96)86-76-84-64-19-9-10-21-66(64)106-76/h9-10,14,16,18-19,21,23-30,44,51-52,60,63H,7-8,11-13,15,17,20,22,31-43,45-50H2,1-6H3,(H,83,97)(H,98,99)(H3,80,81,100)(H,84,86,96)(H,101,102,103)/t52?,60-,63-,77?,78?,79?/m0/s1. The number of carbonyl (C=O) groups excluding carboxylic acids is 8. The van der Waals surface area contributed by atoms with Gasteiger partial charge in [0.1, 0.15) is 18.2 Å². The number of urea groups is 1. The van der Waals surface area contributed by atoms with E-state index in [1.165, 1.54) is 23.5 Å². The van der Waals surface area contributed by atoms with Crippen molar-refractivity contribution in [3.8, 4) is 11.1 Å². The van der Waals surface area contributed by atoms with E-state index in [1.54, 1.807) is 42.6 Å². The lowest BCUT2D eigenvalue weighted by Gasteiger charge is -2.59. The van der Waals surface area contributed by atoms with Gasteiger partial charge in [-0.15, -0.1) is 0 Å². The highest BCUT2D eigenvalue weighted by atomic mass is 32.2. The molecule has 3 aromatic carbocycles. The number of Topliss-reactive ketones (excluding diaryl/α,β-unsaturated/α-hetero) is 2. The number of para-hydroxylation sites is 1. The number of imide groups is 1. The maximum Gasteiger partial charge on any atom is 0.355 e. The number of fused-ring (bicyclic) bond motifs is 4. The fraction of sp³-hybridized carbons (Fsp3) is 0.519. The van der Waals surface area contributed by atoms with Crippen LogP contribution in [0.1, 0.15) is 180 Å². The summed E-state index contributed by atoms with van der Waals surface area (Å²) in [6.45, 7) is 15.5. The number of unbranched alkanes of at least 4 members (excludes halogenated alkanes) is 3. The number of nitrogens with two attached hydrogens (primary N) is 1. The second-order valence-electron chi connectivity index (χ2n) is 30.7. The average Bonchev–Trinajstić information content (AvgIpc) is 1.26. The van der Waals surface area contributed by atoms with Gasteiger partial charge < -0.3 is 35.8 Å². The molecule has 7 N–H and O–H groups in total. The lowest BCUT2D eigenvalue weighted by molar-refractivity contribution is -0.179. The van der Waals surface area contributed by atoms with Gasteiger partial charge in [0.2, 0.25) is 5.91 Å². The molecular formula is C79H101N11O15S2. The molecule has 2 aliphatic heterocycles. The lowest BCUT2D eigenvalue weighted by Crippen LogP contribution is -2.55. The topological polar surface area (TPSA) is 362 Å². The minimum atomic E-state index is -4.30. The van der Waals surface area contributed by atoms with E-state index in [1.807, 2.05) is 77.7 Å². The molecule has 6 atom stereocenters. The fourth-order valence-corrected chi connectivity index (χ4v) is 17.9. The quantitative estimate of drug-likeness (QED) is 0.00903. The Morgan fingerprint density at radius 3 is 2.31 bits per heavy atom. The van der Waals surface area contributed by atoms with Gasteiger partial charge in [-0.2, -0.15) is 13.5 Å². The highest BCUT2D eigenvalue weighted by Gasteiger charge is 2.56. The summed E-state index contributed by atoms with van der Waals surface area (Å²) in [7, 11) is -4.30. The molecule has 10 rings (SSSR count). The maximum atomic E-state index is 13.9. The number of carbonyl (C=O) groups is 9. The number of nitrogens with zero attached hydrogens (tertiary/aromatic N) is 7. The molecule has 0 spiro atoms. The lowest BCUT2D eigenvalue weighted by atomic mass is 9.51. The van der Waals surface area contributed by atoms with Crippen LogP contribution >= 0.6 is 11.3 Å². The van der Waals surface area contributed by atoms with Crippen molar-refractivity contribution < 1.29 is 70.7 Å². The molecule has 2 bridgehead atoms. The van der Waals surface area contributed by atoms with E-state index in [4.69, 9.17) is 25.3 Å². The zero-order chi connectivity index (χ0) is 76.8.